The van der Waals surface area contributed by atoms with Crippen LogP contribution in [0.2, 0.25) is 0 Å². The van der Waals surface area contributed by atoms with E-state index in [1.54, 1.807) is 0 Å². The molecule has 0 spiro atoms. The van der Waals surface area contributed by atoms with Gasteiger partial charge in [-0.05, 0) is 40.0 Å². The second-order valence-corrected chi connectivity index (χ2v) is 5.10. The topological polar surface area (TPSA) is 26.3 Å². The second kappa shape index (κ2) is 6.04. The Labute approximate surface area is 105 Å². The van der Waals surface area contributed by atoms with Crippen molar-refractivity contribution in [2.24, 2.45) is 11.8 Å². The van der Waals surface area contributed by atoms with E-state index in [0.717, 1.165) is 19.3 Å². The molecule has 0 aromatic carbocycles. The van der Waals surface area contributed by atoms with Gasteiger partial charge in [-0.25, -0.2) is 0 Å². The molecule has 0 fully saturated rings. The highest BCUT2D eigenvalue weighted by Gasteiger charge is 2.27. The van der Waals surface area contributed by atoms with Gasteiger partial charge in [-0.3, -0.25) is 4.79 Å². The summed E-state index contributed by atoms with van der Waals surface area (Å²) in [6.45, 7) is 12.6. The Bertz CT molecular complexity index is 339. The van der Waals surface area contributed by atoms with Crippen LogP contribution in [0, 0.1) is 11.8 Å². The molecule has 2 atom stereocenters. The van der Waals surface area contributed by atoms with Crippen LogP contribution < -0.4 is 0 Å². The molecule has 2 heteroatoms. The number of ether oxygens (including phenoxy) is 1. The Balaban J connectivity index is 2.69. The minimum atomic E-state index is -0.0832. The minimum Gasteiger partial charge on any atom is -0.466 e. The second-order valence-electron chi connectivity index (χ2n) is 5.10. The van der Waals surface area contributed by atoms with Crippen molar-refractivity contribution < 1.29 is 9.53 Å². The largest absolute Gasteiger partial charge is 0.466 e. The van der Waals surface area contributed by atoms with Gasteiger partial charge in [-0.15, -0.1) is 0 Å². The summed E-state index contributed by atoms with van der Waals surface area (Å²) >= 11 is 0. The first kappa shape index (κ1) is 14.0. The summed E-state index contributed by atoms with van der Waals surface area (Å²) in [6, 6.07) is 0. The number of rotatable bonds is 5. The van der Waals surface area contributed by atoms with E-state index in [2.05, 4.69) is 20.4 Å². The van der Waals surface area contributed by atoms with Crippen LogP contribution in [0.15, 0.2) is 23.3 Å². The van der Waals surface area contributed by atoms with E-state index in [1.807, 2.05) is 13.8 Å². The van der Waals surface area contributed by atoms with E-state index in [-0.39, 0.29) is 11.9 Å². The highest BCUT2D eigenvalue weighted by Crippen LogP contribution is 2.39. The van der Waals surface area contributed by atoms with Gasteiger partial charge in [0.2, 0.25) is 0 Å². The fourth-order valence-corrected chi connectivity index (χ4v) is 2.55. The quantitative estimate of drug-likeness (QED) is 0.535. The fourth-order valence-electron chi connectivity index (χ4n) is 2.55. The molecule has 0 aromatic rings. The zero-order valence-electron chi connectivity index (χ0n) is 11.5. The standard InChI is InChI=1S/C15H24O2/c1-6-17-15(16)12(5)9-14-11(4)7-8-13(14)10(2)3/h12-13H,2,6-9H2,1,3-5H3. The molecule has 0 aliphatic heterocycles. The van der Waals surface area contributed by atoms with Gasteiger partial charge in [0.05, 0.1) is 12.5 Å². The maximum absolute atomic E-state index is 11.6. The van der Waals surface area contributed by atoms with Crippen molar-refractivity contribution in [1.82, 2.24) is 0 Å². The SMILES string of the molecule is C=C(C)C1CCC(C)=C1CC(C)C(=O)OCC. The van der Waals surface area contributed by atoms with Gasteiger partial charge in [0.1, 0.15) is 0 Å². The summed E-state index contributed by atoms with van der Waals surface area (Å²) in [5, 5.41) is 0. The Hall–Kier alpha value is -1.05. The van der Waals surface area contributed by atoms with Crippen molar-refractivity contribution in [3.63, 3.8) is 0 Å². The number of hydrogen-bond acceptors (Lipinski definition) is 2. The fraction of sp³-hybridized carbons (Fsp3) is 0.667. The maximum Gasteiger partial charge on any atom is 0.308 e. The summed E-state index contributed by atoms with van der Waals surface area (Å²) in [5.74, 6) is 0.354. The molecular formula is C15H24O2. The Morgan fingerprint density at radius 3 is 2.76 bits per heavy atom. The molecule has 1 aliphatic rings. The summed E-state index contributed by atoms with van der Waals surface area (Å²) in [7, 11) is 0. The number of hydrogen-bond donors (Lipinski definition) is 0. The van der Waals surface area contributed by atoms with Crippen molar-refractivity contribution in [3.8, 4) is 0 Å². The van der Waals surface area contributed by atoms with Crippen LogP contribution in [0.5, 0.6) is 0 Å². The van der Waals surface area contributed by atoms with E-state index in [1.165, 1.54) is 16.7 Å². The predicted molar refractivity (Wildman–Crippen MR) is 70.7 cm³/mol. The van der Waals surface area contributed by atoms with Crippen LogP contribution >= 0.6 is 0 Å². The zero-order chi connectivity index (χ0) is 13.0. The van der Waals surface area contributed by atoms with Crippen LogP contribution in [0.1, 0.15) is 47.0 Å². The molecule has 0 aromatic heterocycles. The van der Waals surface area contributed by atoms with Crippen LogP contribution in [-0.4, -0.2) is 12.6 Å². The van der Waals surface area contributed by atoms with Gasteiger partial charge in [0, 0.05) is 5.92 Å². The molecule has 1 aliphatic carbocycles. The molecule has 2 unspecified atom stereocenters. The number of esters is 1. The summed E-state index contributed by atoms with van der Waals surface area (Å²) in [4.78, 5) is 11.6. The Kier molecular flexibility index (Phi) is 4.98. The van der Waals surface area contributed by atoms with Crippen LogP contribution in [-0.2, 0) is 9.53 Å². The van der Waals surface area contributed by atoms with Gasteiger partial charge in [-0.2, -0.15) is 0 Å². The first-order valence-electron chi connectivity index (χ1n) is 6.47. The minimum absolute atomic E-state index is 0.0418. The van der Waals surface area contributed by atoms with Gasteiger partial charge in [0.25, 0.3) is 0 Å². The highest BCUT2D eigenvalue weighted by atomic mass is 16.5. The molecule has 17 heavy (non-hydrogen) atoms. The lowest BCUT2D eigenvalue weighted by atomic mass is 9.88. The average molecular weight is 236 g/mol. The van der Waals surface area contributed by atoms with Crippen molar-refractivity contribution in [2.75, 3.05) is 6.61 Å². The van der Waals surface area contributed by atoms with Gasteiger partial charge < -0.3 is 4.74 Å². The Morgan fingerprint density at radius 2 is 2.24 bits per heavy atom. The van der Waals surface area contributed by atoms with E-state index in [4.69, 9.17) is 4.74 Å². The molecular weight excluding hydrogens is 212 g/mol. The third-order valence-electron chi connectivity index (χ3n) is 3.59. The third kappa shape index (κ3) is 3.45. The molecule has 2 nitrogen and oxygen atoms in total. The molecule has 0 heterocycles. The maximum atomic E-state index is 11.6. The smallest absolute Gasteiger partial charge is 0.308 e. The lowest BCUT2D eigenvalue weighted by Crippen LogP contribution is -2.17. The van der Waals surface area contributed by atoms with Crippen molar-refractivity contribution in [3.05, 3.63) is 23.3 Å². The monoisotopic (exact) mass is 236 g/mol. The highest BCUT2D eigenvalue weighted by molar-refractivity contribution is 5.72. The van der Waals surface area contributed by atoms with Crippen LogP contribution in [0.4, 0.5) is 0 Å². The zero-order valence-corrected chi connectivity index (χ0v) is 11.5. The molecule has 1 rings (SSSR count). The number of carbonyl (C=O) groups is 1. The molecule has 0 saturated carbocycles. The molecule has 0 bridgehead atoms. The third-order valence-corrected chi connectivity index (χ3v) is 3.59. The molecule has 0 N–H and O–H groups in total. The summed E-state index contributed by atoms with van der Waals surface area (Å²) in [5.41, 5.74) is 4.07. The summed E-state index contributed by atoms with van der Waals surface area (Å²) in [6.07, 6.45) is 3.12. The van der Waals surface area contributed by atoms with Crippen molar-refractivity contribution >= 4 is 5.97 Å². The number of allylic oxidation sites excluding steroid dienone is 3. The lowest BCUT2D eigenvalue weighted by Gasteiger charge is -2.18. The number of carbonyl (C=O) groups excluding carboxylic acids is 1. The molecule has 0 amide bonds. The molecule has 0 saturated heterocycles. The first-order chi connectivity index (χ1) is 7.97. The lowest BCUT2D eigenvalue weighted by molar-refractivity contribution is -0.147. The van der Waals surface area contributed by atoms with E-state index in [9.17, 15) is 4.79 Å². The van der Waals surface area contributed by atoms with Crippen LogP contribution in [0.3, 0.4) is 0 Å². The van der Waals surface area contributed by atoms with E-state index < -0.39 is 0 Å². The average Bonchev–Trinajstić information content (AvgIpc) is 2.61. The molecule has 96 valence electrons. The summed E-state index contributed by atoms with van der Waals surface area (Å²) < 4.78 is 5.06. The van der Waals surface area contributed by atoms with Gasteiger partial charge in [-0.1, -0.05) is 30.2 Å². The van der Waals surface area contributed by atoms with Crippen molar-refractivity contribution in [2.45, 2.75) is 47.0 Å². The van der Waals surface area contributed by atoms with E-state index >= 15 is 0 Å². The molecule has 0 radical (unpaired) electrons. The Morgan fingerprint density at radius 1 is 1.59 bits per heavy atom. The van der Waals surface area contributed by atoms with E-state index in [0.29, 0.717) is 12.5 Å². The van der Waals surface area contributed by atoms with Gasteiger partial charge >= 0.3 is 5.97 Å². The first-order valence-corrected chi connectivity index (χ1v) is 6.47. The van der Waals surface area contributed by atoms with Gasteiger partial charge in [0.15, 0.2) is 0 Å². The predicted octanol–water partition coefficient (Wildman–Crippen LogP) is 3.88. The van der Waals surface area contributed by atoms with Crippen molar-refractivity contribution in [1.29, 1.82) is 0 Å². The van der Waals surface area contributed by atoms with Crippen LogP contribution in [0.25, 0.3) is 0 Å². The normalized spacial score (nSPS) is 21.5.